The normalized spacial score (nSPS) is 15.7. The van der Waals surface area contributed by atoms with Crippen molar-refractivity contribution >= 4 is 28.8 Å². The van der Waals surface area contributed by atoms with E-state index in [9.17, 15) is 14.9 Å². The van der Waals surface area contributed by atoms with Gasteiger partial charge in [0.25, 0.3) is 5.69 Å². The average molecular weight is 372 g/mol. The fraction of sp³-hybridized carbons (Fsp3) is 0.474. The van der Waals surface area contributed by atoms with E-state index < -0.39 is 10.5 Å². The zero-order valence-electron chi connectivity index (χ0n) is 15.8. The molecule has 0 saturated carbocycles. The van der Waals surface area contributed by atoms with Crippen molar-refractivity contribution in [2.75, 3.05) is 13.1 Å². The van der Waals surface area contributed by atoms with Gasteiger partial charge < -0.3 is 9.64 Å². The number of amides is 1. The fourth-order valence-corrected chi connectivity index (χ4v) is 3.24. The molecule has 0 radical (unpaired) electrons. The number of likely N-dealkylation sites (tertiary alicyclic amines) is 1. The zero-order valence-corrected chi connectivity index (χ0v) is 15.8. The van der Waals surface area contributed by atoms with Crippen LogP contribution in [0.2, 0.25) is 0 Å². The summed E-state index contributed by atoms with van der Waals surface area (Å²) in [4.78, 5) is 24.7. The largest absolute Gasteiger partial charge is 0.444 e. The predicted octanol–water partition coefficient (Wildman–Crippen LogP) is 4.16. The molecule has 1 aliphatic heterocycles. The van der Waals surface area contributed by atoms with Crippen LogP contribution in [0.3, 0.4) is 0 Å². The van der Waals surface area contributed by atoms with E-state index >= 15 is 0 Å². The van der Waals surface area contributed by atoms with E-state index in [1.807, 2.05) is 31.6 Å². The molecule has 0 aliphatic carbocycles. The minimum absolute atomic E-state index is 0.0248. The highest BCUT2D eigenvalue weighted by Gasteiger charge is 2.28. The molecule has 0 spiro atoms. The van der Waals surface area contributed by atoms with Crippen molar-refractivity contribution in [3.05, 3.63) is 40.6 Å². The number of nitrogens with zero attached hydrogens (tertiary/aromatic N) is 4. The molecular weight excluding hydrogens is 348 g/mol. The van der Waals surface area contributed by atoms with Gasteiger partial charge in [-0.3, -0.25) is 14.8 Å². The summed E-state index contributed by atoms with van der Waals surface area (Å²) in [6.45, 7) is 10.4. The Bertz CT molecular complexity index is 889. The second-order valence-electron chi connectivity index (χ2n) is 7.74. The number of fused-ring (bicyclic) bond motifs is 1. The summed E-state index contributed by atoms with van der Waals surface area (Å²) in [7, 11) is 0. The van der Waals surface area contributed by atoms with E-state index in [-0.39, 0.29) is 17.8 Å². The molecule has 3 rings (SSSR count). The first-order valence-electron chi connectivity index (χ1n) is 8.95. The molecule has 0 bridgehead atoms. The van der Waals surface area contributed by atoms with Crippen LogP contribution in [0, 0.1) is 10.1 Å². The minimum Gasteiger partial charge on any atom is -0.444 e. The molecule has 8 nitrogen and oxygen atoms in total. The topological polar surface area (TPSA) is 90.5 Å². The molecule has 27 heavy (non-hydrogen) atoms. The third kappa shape index (κ3) is 4.10. The Hall–Kier alpha value is -2.90. The number of aromatic nitrogens is 2. The SMILES string of the molecule is C=Cc1cc2nn(C3CCN(C(=O)OC(C)(C)C)CC3)cc2cc1[N+](=O)[O-]. The number of carbonyl (C=O) groups is 1. The Kier molecular flexibility index (Phi) is 4.91. The summed E-state index contributed by atoms with van der Waals surface area (Å²) in [5, 5.41) is 16.5. The van der Waals surface area contributed by atoms with Crippen LogP contribution in [0.15, 0.2) is 24.9 Å². The van der Waals surface area contributed by atoms with Crippen molar-refractivity contribution in [3.8, 4) is 0 Å². The van der Waals surface area contributed by atoms with Crippen LogP contribution in [-0.4, -0.2) is 44.4 Å². The third-order valence-electron chi connectivity index (χ3n) is 4.58. The number of hydrogen-bond acceptors (Lipinski definition) is 5. The van der Waals surface area contributed by atoms with Crippen molar-refractivity contribution in [1.29, 1.82) is 0 Å². The number of rotatable bonds is 3. The van der Waals surface area contributed by atoms with Gasteiger partial charge in [-0.1, -0.05) is 12.7 Å². The van der Waals surface area contributed by atoms with Gasteiger partial charge in [0.1, 0.15) is 5.60 Å². The molecule has 1 saturated heterocycles. The monoisotopic (exact) mass is 372 g/mol. The van der Waals surface area contributed by atoms with Crippen molar-refractivity contribution < 1.29 is 14.5 Å². The molecule has 2 heterocycles. The highest BCUT2D eigenvalue weighted by Crippen LogP contribution is 2.29. The van der Waals surface area contributed by atoms with Gasteiger partial charge in [0.05, 0.1) is 22.0 Å². The average Bonchev–Trinajstić information content (AvgIpc) is 3.02. The molecule has 1 aromatic heterocycles. The van der Waals surface area contributed by atoms with E-state index in [2.05, 4.69) is 11.7 Å². The number of carbonyl (C=O) groups excluding carboxylic acids is 1. The lowest BCUT2D eigenvalue weighted by molar-refractivity contribution is -0.384. The molecule has 0 unspecified atom stereocenters. The van der Waals surface area contributed by atoms with E-state index in [1.54, 1.807) is 11.0 Å². The van der Waals surface area contributed by atoms with Gasteiger partial charge in [-0.15, -0.1) is 0 Å². The zero-order chi connectivity index (χ0) is 19.8. The summed E-state index contributed by atoms with van der Waals surface area (Å²) in [5.41, 5.74) is 0.671. The lowest BCUT2D eigenvalue weighted by atomic mass is 10.1. The van der Waals surface area contributed by atoms with Gasteiger partial charge in [0.2, 0.25) is 0 Å². The van der Waals surface area contributed by atoms with Crippen LogP contribution < -0.4 is 0 Å². The number of nitro groups is 1. The summed E-state index contributed by atoms with van der Waals surface area (Å²) in [6.07, 6.45) is 4.52. The van der Waals surface area contributed by atoms with Crippen LogP contribution in [-0.2, 0) is 4.74 Å². The fourth-order valence-electron chi connectivity index (χ4n) is 3.24. The predicted molar refractivity (Wildman–Crippen MR) is 103 cm³/mol. The van der Waals surface area contributed by atoms with Crippen molar-refractivity contribution in [1.82, 2.24) is 14.7 Å². The van der Waals surface area contributed by atoms with Crippen LogP contribution in [0.25, 0.3) is 17.0 Å². The van der Waals surface area contributed by atoms with Crippen LogP contribution >= 0.6 is 0 Å². The van der Waals surface area contributed by atoms with E-state index in [0.29, 0.717) is 24.2 Å². The Morgan fingerprint density at radius 2 is 2.04 bits per heavy atom. The standard InChI is InChI=1S/C19H24N4O4/c1-5-13-10-16-14(11-17(13)23(25)26)12-22(20-16)15-6-8-21(9-7-15)18(24)27-19(2,3)4/h5,10-12,15H,1,6-9H2,2-4H3. The Morgan fingerprint density at radius 3 is 2.59 bits per heavy atom. The van der Waals surface area contributed by atoms with Gasteiger partial charge in [0, 0.05) is 30.7 Å². The first kappa shape index (κ1) is 18.9. The maximum Gasteiger partial charge on any atom is 0.410 e. The molecule has 1 amide bonds. The molecule has 144 valence electrons. The van der Waals surface area contributed by atoms with Gasteiger partial charge >= 0.3 is 6.09 Å². The third-order valence-corrected chi connectivity index (χ3v) is 4.58. The molecule has 1 fully saturated rings. The van der Waals surface area contributed by atoms with E-state index in [0.717, 1.165) is 18.2 Å². The first-order valence-corrected chi connectivity index (χ1v) is 8.95. The summed E-state index contributed by atoms with van der Waals surface area (Å²) >= 11 is 0. The molecule has 1 aliphatic rings. The van der Waals surface area contributed by atoms with Crippen LogP contribution in [0.1, 0.15) is 45.2 Å². The summed E-state index contributed by atoms with van der Waals surface area (Å²) in [6, 6.07) is 3.36. The first-order chi connectivity index (χ1) is 12.7. The van der Waals surface area contributed by atoms with Gasteiger partial charge in [-0.05, 0) is 39.7 Å². The van der Waals surface area contributed by atoms with Crippen LogP contribution in [0.5, 0.6) is 0 Å². The molecule has 2 aromatic rings. The second kappa shape index (κ2) is 7.02. The Morgan fingerprint density at radius 1 is 1.37 bits per heavy atom. The number of benzene rings is 1. The summed E-state index contributed by atoms with van der Waals surface area (Å²) in [5.74, 6) is 0. The van der Waals surface area contributed by atoms with Gasteiger partial charge in [-0.2, -0.15) is 5.10 Å². The quantitative estimate of drug-likeness (QED) is 0.596. The lowest BCUT2D eigenvalue weighted by Gasteiger charge is -2.33. The smallest absolute Gasteiger partial charge is 0.410 e. The number of nitro benzene ring substituents is 1. The maximum absolute atomic E-state index is 12.2. The Balaban J connectivity index is 1.75. The van der Waals surface area contributed by atoms with Crippen molar-refractivity contribution in [2.45, 2.75) is 45.3 Å². The molecule has 8 heteroatoms. The van der Waals surface area contributed by atoms with E-state index in [1.165, 1.54) is 12.1 Å². The second-order valence-corrected chi connectivity index (χ2v) is 7.74. The van der Waals surface area contributed by atoms with Crippen molar-refractivity contribution in [2.24, 2.45) is 0 Å². The number of ether oxygens (including phenoxy) is 1. The van der Waals surface area contributed by atoms with Crippen LogP contribution in [0.4, 0.5) is 10.5 Å². The van der Waals surface area contributed by atoms with Gasteiger partial charge in [0.15, 0.2) is 0 Å². The highest BCUT2D eigenvalue weighted by atomic mass is 16.6. The van der Waals surface area contributed by atoms with E-state index in [4.69, 9.17) is 4.74 Å². The molecule has 0 N–H and O–H groups in total. The molecule has 1 aromatic carbocycles. The lowest BCUT2D eigenvalue weighted by Crippen LogP contribution is -2.42. The maximum atomic E-state index is 12.2. The summed E-state index contributed by atoms with van der Waals surface area (Å²) < 4.78 is 7.27. The molecule has 0 atom stereocenters. The van der Waals surface area contributed by atoms with Gasteiger partial charge in [-0.25, -0.2) is 4.79 Å². The Labute approximate surface area is 157 Å². The van der Waals surface area contributed by atoms with Crippen molar-refractivity contribution in [3.63, 3.8) is 0 Å². The minimum atomic E-state index is -0.509. The number of piperidine rings is 1. The number of hydrogen-bond donors (Lipinski definition) is 0. The molecular formula is C19H24N4O4. The highest BCUT2D eigenvalue weighted by molar-refractivity contribution is 5.85.